The van der Waals surface area contributed by atoms with Crippen molar-refractivity contribution in [3.63, 3.8) is 0 Å². The van der Waals surface area contributed by atoms with E-state index < -0.39 is 9.84 Å². The lowest BCUT2D eigenvalue weighted by atomic mass is 9.96. The van der Waals surface area contributed by atoms with Crippen molar-refractivity contribution in [3.05, 3.63) is 0 Å². The van der Waals surface area contributed by atoms with Gasteiger partial charge < -0.3 is 5.73 Å². The fourth-order valence-corrected chi connectivity index (χ4v) is 3.51. The zero-order chi connectivity index (χ0) is 13.1. The Morgan fingerprint density at radius 2 is 1.82 bits per heavy atom. The quantitative estimate of drug-likeness (QED) is 0.776. The van der Waals surface area contributed by atoms with Crippen LogP contribution < -0.4 is 5.73 Å². The van der Waals surface area contributed by atoms with Gasteiger partial charge in [0, 0.05) is 18.6 Å². The summed E-state index contributed by atoms with van der Waals surface area (Å²) in [6.07, 6.45) is 4.61. The fourth-order valence-electron chi connectivity index (χ4n) is 2.51. The summed E-state index contributed by atoms with van der Waals surface area (Å²) < 4.78 is 23.6. The molecule has 1 rings (SSSR count). The monoisotopic (exact) mass is 262 g/mol. The average molecular weight is 262 g/mol. The molecule has 1 fully saturated rings. The summed E-state index contributed by atoms with van der Waals surface area (Å²) in [6.45, 7) is 4.70. The van der Waals surface area contributed by atoms with Gasteiger partial charge in [0.25, 0.3) is 0 Å². The topological polar surface area (TPSA) is 63.4 Å². The normalized spacial score (nSPS) is 20.4. The minimum absolute atomic E-state index is 0.0481. The van der Waals surface area contributed by atoms with Crippen LogP contribution in [0.25, 0.3) is 0 Å². The van der Waals surface area contributed by atoms with Crippen molar-refractivity contribution in [1.29, 1.82) is 0 Å². The van der Waals surface area contributed by atoms with Gasteiger partial charge in [-0.3, -0.25) is 4.90 Å². The summed E-state index contributed by atoms with van der Waals surface area (Å²) in [5.41, 5.74) is 5.93. The van der Waals surface area contributed by atoms with E-state index in [1.165, 1.54) is 12.8 Å². The van der Waals surface area contributed by atoms with Crippen molar-refractivity contribution in [2.45, 2.75) is 50.3 Å². The molecule has 0 saturated heterocycles. The van der Waals surface area contributed by atoms with Gasteiger partial charge in [-0.15, -0.1) is 0 Å². The van der Waals surface area contributed by atoms with E-state index in [1.807, 2.05) is 7.05 Å². The van der Waals surface area contributed by atoms with Gasteiger partial charge in [-0.05, 0) is 33.7 Å². The highest BCUT2D eigenvalue weighted by Crippen LogP contribution is 2.33. The first-order chi connectivity index (χ1) is 7.84. The van der Waals surface area contributed by atoms with Crippen LogP contribution >= 0.6 is 0 Å². The van der Waals surface area contributed by atoms with Crippen molar-refractivity contribution < 1.29 is 8.42 Å². The molecule has 0 heterocycles. The third-order valence-electron chi connectivity index (χ3n) is 4.15. The van der Waals surface area contributed by atoms with E-state index in [2.05, 4.69) is 4.90 Å². The maximum Gasteiger partial charge on any atom is 0.153 e. The predicted octanol–water partition coefficient (Wildman–Crippen LogP) is 1.01. The van der Waals surface area contributed by atoms with Gasteiger partial charge in [0.1, 0.15) is 0 Å². The molecule has 0 atom stereocenters. The summed E-state index contributed by atoms with van der Waals surface area (Å²) in [5.74, 6) is 0.239. The van der Waals surface area contributed by atoms with E-state index in [0.29, 0.717) is 13.1 Å². The Labute approximate surface area is 105 Å². The molecule has 0 aliphatic heterocycles. The van der Waals surface area contributed by atoms with Crippen LogP contribution in [0.2, 0.25) is 0 Å². The lowest BCUT2D eigenvalue weighted by Gasteiger charge is -2.38. The van der Waals surface area contributed by atoms with E-state index in [9.17, 15) is 8.42 Å². The van der Waals surface area contributed by atoms with Gasteiger partial charge in [-0.2, -0.15) is 0 Å². The average Bonchev–Trinajstić information content (AvgIpc) is 2.75. The minimum Gasteiger partial charge on any atom is -0.329 e. The summed E-state index contributed by atoms with van der Waals surface area (Å²) in [4.78, 5) is 2.17. The molecule has 0 aromatic carbocycles. The first kappa shape index (κ1) is 14.9. The van der Waals surface area contributed by atoms with E-state index >= 15 is 0 Å². The van der Waals surface area contributed by atoms with Crippen molar-refractivity contribution in [2.75, 3.05) is 25.9 Å². The fraction of sp³-hybridized carbons (Fsp3) is 1.00. The number of likely N-dealkylation sites (N-methyl/N-ethyl adjacent to an activating group) is 1. The Morgan fingerprint density at radius 1 is 1.29 bits per heavy atom. The van der Waals surface area contributed by atoms with Crippen LogP contribution in [0.1, 0.15) is 39.5 Å². The maximum atomic E-state index is 11.8. The van der Waals surface area contributed by atoms with Crippen LogP contribution in [-0.4, -0.2) is 50.0 Å². The van der Waals surface area contributed by atoms with Gasteiger partial charge in [-0.1, -0.05) is 12.8 Å². The summed E-state index contributed by atoms with van der Waals surface area (Å²) in [5, 5.41) is -0.284. The SMILES string of the molecule is CC(C)S(=O)(=O)CCN(C)C1(CN)CCCC1. The first-order valence-electron chi connectivity index (χ1n) is 6.47. The lowest BCUT2D eigenvalue weighted by Crippen LogP contribution is -2.51. The van der Waals surface area contributed by atoms with Gasteiger partial charge in [-0.25, -0.2) is 8.42 Å². The maximum absolute atomic E-state index is 11.8. The number of nitrogens with two attached hydrogens (primary N) is 1. The van der Waals surface area contributed by atoms with Crippen molar-refractivity contribution in [3.8, 4) is 0 Å². The molecule has 0 spiro atoms. The van der Waals surface area contributed by atoms with Crippen LogP contribution in [0.15, 0.2) is 0 Å². The van der Waals surface area contributed by atoms with E-state index in [-0.39, 0.29) is 16.5 Å². The zero-order valence-electron chi connectivity index (χ0n) is 11.3. The molecule has 2 N–H and O–H groups in total. The highest BCUT2D eigenvalue weighted by atomic mass is 32.2. The van der Waals surface area contributed by atoms with Crippen LogP contribution in [0.3, 0.4) is 0 Å². The molecule has 0 amide bonds. The third kappa shape index (κ3) is 3.42. The van der Waals surface area contributed by atoms with Gasteiger partial charge >= 0.3 is 0 Å². The molecule has 1 saturated carbocycles. The standard InChI is InChI=1S/C12H26N2O2S/c1-11(2)17(15,16)9-8-14(3)12(10-13)6-4-5-7-12/h11H,4-10,13H2,1-3H3. The molecule has 4 nitrogen and oxygen atoms in total. The van der Waals surface area contributed by atoms with E-state index in [0.717, 1.165) is 12.8 Å². The number of rotatable bonds is 6. The zero-order valence-corrected chi connectivity index (χ0v) is 12.1. The number of hydrogen-bond donors (Lipinski definition) is 1. The van der Waals surface area contributed by atoms with Crippen LogP contribution in [0.5, 0.6) is 0 Å². The molecule has 1 aliphatic carbocycles. The molecule has 102 valence electrons. The van der Waals surface area contributed by atoms with Crippen LogP contribution in [0.4, 0.5) is 0 Å². The highest BCUT2D eigenvalue weighted by molar-refractivity contribution is 7.92. The molecule has 0 radical (unpaired) electrons. The Hall–Kier alpha value is -0.130. The molecule has 0 unspecified atom stereocenters. The Kier molecular flexibility index (Phi) is 4.98. The van der Waals surface area contributed by atoms with E-state index in [4.69, 9.17) is 5.73 Å². The molecule has 1 aliphatic rings. The molecular weight excluding hydrogens is 236 g/mol. The van der Waals surface area contributed by atoms with Gasteiger partial charge in [0.05, 0.1) is 11.0 Å². The summed E-state index contributed by atoms with van der Waals surface area (Å²) >= 11 is 0. The number of sulfone groups is 1. The highest BCUT2D eigenvalue weighted by Gasteiger charge is 2.36. The second kappa shape index (κ2) is 5.67. The van der Waals surface area contributed by atoms with Crippen LogP contribution in [-0.2, 0) is 9.84 Å². The smallest absolute Gasteiger partial charge is 0.153 e. The Balaban J connectivity index is 2.57. The van der Waals surface area contributed by atoms with Crippen molar-refractivity contribution in [2.24, 2.45) is 5.73 Å². The lowest BCUT2D eigenvalue weighted by molar-refractivity contribution is 0.140. The summed E-state index contributed by atoms with van der Waals surface area (Å²) in [6, 6.07) is 0. The Morgan fingerprint density at radius 3 is 2.24 bits per heavy atom. The summed E-state index contributed by atoms with van der Waals surface area (Å²) in [7, 11) is -0.932. The molecule has 0 aromatic heterocycles. The molecule has 0 aromatic rings. The molecule has 5 heteroatoms. The van der Waals surface area contributed by atoms with Crippen molar-refractivity contribution >= 4 is 9.84 Å². The van der Waals surface area contributed by atoms with Gasteiger partial charge in [0.2, 0.25) is 0 Å². The number of nitrogens with zero attached hydrogens (tertiary/aromatic N) is 1. The largest absolute Gasteiger partial charge is 0.329 e. The predicted molar refractivity (Wildman–Crippen MR) is 71.8 cm³/mol. The molecular formula is C12H26N2O2S. The second-order valence-electron chi connectivity index (χ2n) is 5.47. The van der Waals surface area contributed by atoms with Crippen LogP contribution in [0, 0.1) is 0 Å². The first-order valence-corrected chi connectivity index (χ1v) is 8.18. The van der Waals surface area contributed by atoms with Gasteiger partial charge in [0.15, 0.2) is 9.84 Å². The second-order valence-corrected chi connectivity index (χ2v) is 8.15. The minimum atomic E-state index is -2.94. The van der Waals surface area contributed by atoms with E-state index in [1.54, 1.807) is 13.8 Å². The Bertz CT molecular complexity index is 332. The molecule has 17 heavy (non-hydrogen) atoms. The molecule has 0 bridgehead atoms. The number of hydrogen-bond acceptors (Lipinski definition) is 4. The third-order valence-corrected chi connectivity index (χ3v) is 6.34. The van der Waals surface area contributed by atoms with Crippen molar-refractivity contribution in [1.82, 2.24) is 4.90 Å².